The number of nitrogens with zero attached hydrogens (tertiary/aromatic N) is 2. The van der Waals surface area contributed by atoms with E-state index in [-0.39, 0.29) is 0 Å². The fourth-order valence-electron chi connectivity index (χ4n) is 3.79. The van der Waals surface area contributed by atoms with E-state index in [4.69, 9.17) is 0 Å². The lowest BCUT2D eigenvalue weighted by atomic mass is 9.67. The van der Waals surface area contributed by atoms with Crippen LogP contribution in [0.1, 0.15) is 66.7 Å². The Kier molecular flexibility index (Phi) is 10.3. The average Bonchev–Trinajstić information content (AvgIpc) is 2.63. The summed E-state index contributed by atoms with van der Waals surface area (Å²) in [6.07, 6.45) is 19.7. The molecule has 1 aliphatic heterocycles. The van der Waals surface area contributed by atoms with Crippen LogP contribution in [0.3, 0.4) is 0 Å². The minimum Gasteiger partial charge on any atom is -0.378 e. The number of rotatable bonds is 10. The van der Waals surface area contributed by atoms with E-state index in [1.807, 2.05) is 0 Å². The summed E-state index contributed by atoms with van der Waals surface area (Å²) < 4.78 is 0. The SMILES string of the molecule is C=C(/C=C/CC1(C(C)/C=C\C=C/CC)CCN(CCC(C)(C)C)CC1)N(C)C. The molecule has 0 radical (unpaired) electrons. The summed E-state index contributed by atoms with van der Waals surface area (Å²) in [4.78, 5) is 4.76. The van der Waals surface area contributed by atoms with Gasteiger partial charge in [0.25, 0.3) is 0 Å². The predicted octanol–water partition coefficient (Wildman–Crippen LogP) is 6.68. The molecule has 1 unspecified atom stereocenters. The van der Waals surface area contributed by atoms with E-state index >= 15 is 0 Å². The number of likely N-dealkylation sites (N-methyl/N-ethyl adjacent to an activating group) is 1. The van der Waals surface area contributed by atoms with Crippen LogP contribution >= 0.6 is 0 Å². The molecule has 0 aliphatic carbocycles. The molecule has 0 saturated carbocycles. The van der Waals surface area contributed by atoms with Crippen molar-refractivity contribution in [2.45, 2.75) is 66.7 Å². The lowest BCUT2D eigenvalue weighted by Crippen LogP contribution is -2.43. The third-order valence-electron chi connectivity index (χ3n) is 6.29. The van der Waals surface area contributed by atoms with Gasteiger partial charge in [-0.25, -0.2) is 0 Å². The standard InChI is InChI=1S/C26H46N2/c1-9-10-11-12-14-23(2)26(16-13-15-24(3)27(7)8)18-21-28(22-19-26)20-17-25(4,5)6/h10-15,23H,3,9,16-22H2,1-2,4-8H3/b11-10-,14-12-,15-13+. The minimum absolute atomic E-state index is 0.359. The fourth-order valence-corrected chi connectivity index (χ4v) is 3.79. The van der Waals surface area contributed by atoms with Crippen LogP contribution in [0.15, 0.2) is 48.7 Å². The Labute approximate surface area is 176 Å². The first-order valence-electron chi connectivity index (χ1n) is 11.2. The van der Waals surface area contributed by atoms with Crippen molar-refractivity contribution in [1.82, 2.24) is 9.80 Å². The van der Waals surface area contributed by atoms with Crippen LogP contribution in [-0.4, -0.2) is 43.5 Å². The molecule has 0 amide bonds. The van der Waals surface area contributed by atoms with Gasteiger partial charge >= 0.3 is 0 Å². The van der Waals surface area contributed by atoms with Crippen LogP contribution in [0.2, 0.25) is 0 Å². The summed E-state index contributed by atoms with van der Waals surface area (Å²) in [7, 11) is 4.11. The number of piperidine rings is 1. The first-order valence-corrected chi connectivity index (χ1v) is 11.2. The molecule has 2 nitrogen and oxygen atoms in total. The van der Waals surface area contributed by atoms with E-state index < -0.39 is 0 Å². The van der Waals surface area contributed by atoms with Crippen LogP contribution in [0.25, 0.3) is 0 Å². The van der Waals surface area contributed by atoms with Crippen molar-refractivity contribution in [2.24, 2.45) is 16.7 Å². The molecular formula is C26H46N2. The smallest absolute Gasteiger partial charge is 0.0284 e. The Morgan fingerprint density at radius 3 is 2.32 bits per heavy atom. The van der Waals surface area contributed by atoms with Gasteiger partial charge in [0.05, 0.1) is 0 Å². The molecule has 1 rings (SSSR count). The third-order valence-corrected chi connectivity index (χ3v) is 6.29. The zero-order chi connectivity index (χ0) is 21.2. The van der Waals surface area contributed by atoms with Crippen molar-refractivity contribution < 1.29 is 0 Å². The fraction of sp³-hybridized carbons (Fsp3) is 0.692. The summed E-state index contributed by atoms with van der Waals surface area (Å²) in [5, 5.41) is 0. The largest absolute Gasteiger partial charge is 0.378 e. The van der Waals surface area contributed by atoms with E-state index in [1.165, 1.54) is 38.9 Å². The van der Waals surface area contributed by atoms with Gasteiger partial charge in [0.2, 0.25) is 0 Å². The molecule has 0 bridgehead atoms. The zero-order valence-corrected chi connectivity index (χ0v) is 19.8. The second kappa shape index (κ2) is 11.7. The van der Waals surface area contributed by atoms with Crippen LogP contribution in [0.4, 0.5) is 0 Å². The number of allylic oxidation sites excluding steroid dienone is 6. The highest BCUT2D eigenvalue weighted by Gasteiger charge is 2.37. The summed E-state index contributed by atoms with van der Waals surface area (Å²) >= 11 is 0. The maximum absolute atomic E-state index is 4.14. The second-order valence-corrected chi connectivity index (χ2v) is 10.0. The maximum Gasteiger partial charge on any atom is 0.0284 e. The van der Waals surface area contributed by atoms with Gasteiger partial charge in [-0.3, -0.25) is 0 Å². The van der Waals surface area contributed by atoms with E-state index in [0.717, 1.165) is 18.5 Å². The lowest BCUT2D eigenvalue weighted by Gasteiger charge is -2.45. The summed E-state index contributed by atoms with van der Waals surface area (Å²) in [6, 6.07) is 0. The first-order chi connectivity index (χ1) is 13.1. The van der Waals surface area contributed by atoms with Gasteiger partial charge in [-0.2, -0.15) is 0 Å². The Balaban J connectivity index is 2.81. The monoisotopic (exact) mass is 386 g/mol. The van der Waals surface area contributed by atoms with E-state index in [1.54, 1.807) is 0 Å². The molecular weight excluding hydrogens is 340 g/mol. The molecule has 160 valence electrons. The van der Waals surface area contributed by atoms with Gasteiger partial charge in [-0.05, 0) is 74.6 Å². The van der Waals surface area contributed by atoms with Gasteiger partial charge < -0.3 is 9.80 Å². The second-order valence-electron chi connectivity index (χ2n) is 10.0. The minimum atomic E-state index is 0.359. The van der Waals surface area contributed by atoms with Gasteiger partial charge in [-0.15, -0.1) is 0 Å². The van der Waals surface area contributed by atoms with Crippen LogP contribution in [0, 0.1) is 16.7 Å². The topological polar surface area (TPSA) is 6.48 Å². The van der Waals surface area contributed by atoms with Crippen LogP contribution in [0.5, 0.6) is 0 Å². The molecule has 1 aliphatic rings. The Bertz CT molecular complexity index is 537. The van der Waals surface area contributed by atoms with Crippen molar-refractivity contribution in [3.8, 4) is 0 Å². The van der Waals surface area contributed by atoms with Crippen molar-refractivity contribution in [3.63, 3.8) is 0 Å². The molecule has 0 aromatic carbocycles. The molecule has 1 atom stereocenters. The number of hydrogen-bond donors (Lipinski definition) is 0. The Hall–Kier alpha value is -1.28. The summed E-state index contributed by atoms with van der Waals surface area (Å²) in [6.45, 7) is 19.5. The lowest BCUT2D eigenvalue weighted by molar-refractivity contribution is 0.0683. The number of likely N-dealkylation sites (tertiary alicyclic amines) is 1. The van der Waals surface area contributed by atoms with Gasteiger partial charge in [0.15, 0.2) is 0 Å². The molecule has 2 heteroatoms. The zero-order valence-electron chi connectivity index (χ0n) is 19.8. The molecule has 28 heavy (non-hydrogen) atoms. The van der Waals surface area contributed by atoms with Gasteiger partial charge in [-0.1, -0.05) is 71.6 Å². The van der Waals surface area contributed by atoms with Crippen molar-refractivity contribution in [1.29, 1.82) is 0 Å². The number of hydrogen-bond acceptors (Lipinski definition) is 2. The highest BCUT2D eigenvalue weighted by molar-refractivity contribution is 5.14. The highest BCUT2D eigenvalue weighted by Crippen LogP contribution is 2.43. The van der Waals surface area contributed by atoms with E-state index in [2.05, 4.69) is 102 Å². The average molecular weight is 387 g/mol. The summed E-state index contributed by atoms with van der Waals surface area (Å²) in [5.74, 6) is 0.580. The predicted molar refractivity (Wildman–Crippen MR) is 126 cm³/mol. The van der Waals surface area contributed by atoms with Crippen molar-refractivity contribution in [2.75, 3.05) is 33.7 Å². The molecule has 1 heterocycles. The summed E-state index contributed by atoms with van der Waals surface area (Å²) in [5.41, 5.74) is 1.86. The van der Waals surface area contributed by atoms with Gasteiger partial charge in [0.1, 0.15) is 0 Å². The van der Waals surface area contributed by atoms with Gasteiger partial charge in [0, 0.05) is 19.8 Å². The normalized spacial score (nSPS) is 19.7. The molecule has 0 aromatic rings. The van der Waals surface area contributed by atoms with Crippen LogP contribution in [-0.2, 0) is 0 Å². The van der Waals surface area contributed by atoms with E-state index in [0.29, 0.717) is 16.7 Å². The van der Waals surface area contributed by atoms with Crippen molar-refractivity contribution >= 4 is 0 Å². The molecule has 1 fully saturated rings. The highest BCUT2D eigenvalue weighted by atomic mass is 15.1. The molecule has 0 N–H and O–H groups in total. The molecule has 1 saturated heterocycles. The Morgan fingerprint density at radius 2 is 1.79 bits per heavy atom. The van der Waals surface area contributed by atoms with E-state index in [9.17, 15) is 0 Å². The van der Waals surface area contributed by atoms with Crippen molar-refractivity contribution in [3.05, 3.63) is 48.7 Å². The Morgan fingerprint density at radius 1 is 1.14 bits per heavy atom. The molecule has 0 spiro atoms. The first kappa shape index (κ1) is 24.8. The van der Waals surface area contributed by atoms with Crippen LogP contribution < -0.4 is 0 Å². The molecule has 0 aromatic heterocycles. The third kappa shape index (κ3) is 8.82. The quantitative estimate of drug-likeness (QED) is 0.386. The maximum atomic E-state index is 4.14.